The lowest BCUT2D eigenvalue weighted by Crippen LogP contribution is -1.95. The van der Waals surface area contributed by atoms with Crippen LogP contribution >= 0.6 is 25.1 Å². The first-order chi connectivity index (χ1) is 6.57. The first-order valence-corrected chi connectivity index (χ1v) is 4.36. The molecule has 0 aliphatic carbocycles. The Hall–Kier alpha value is -0.580. The van der Waals surface area contributed by atoms with Crippen LogP contribution in [0.4, 0.5) is 8.78 Å². The van der Waals surface area contributed by atoms with Crippen molar-refractivity contribution in [1.82, 2.24) is 0 Å². The van der Waals surface area contributed by atoms with Crippen molar-refractivity contribution in [2.24, 2.45) is 0 Å². The van der Waals surface area contributed by atoms with Gasteiger partial charge in [-0.1, -0.05) is 17.7 Å². The molecule has 1 nitrogen and oxygen atoms in total. The van der Waals surface area contributed by atoms with E-state index in [1.165, 1.54) is 13.0 Å². The fraction of sp³-hybridized carbons (Fsp3) is 0.200. The Morgan fingerprint density at radius 3 is 2.20 bits per heavy atom. The monoisotopic (exact) mass is 252 g/mol. The van der Waals surface area contributed by atoms with Crippen molar-refractivity contribution < 1.29 is 13.9 Å². The molecule has 5 heteroatoms. The molecule has 15 heavy (non-hydrogen) atoms. The highest BCUT2D eigenvalue weighted by Gasteiger charge is 2.13. The second-order valence-corrected chi connectivity index (χ2v) is 3.23. The maximum atomic E-state index is 13.2. The second kappa shape index (κ2) is 6.10. The number of aliphatic hydroxyl groups is 1. The summed E-state index contributed by atoms with van der Waals surface area (Å²) in [6, 6.07) is 3.49. The molecule has 0 bridgehead atoms. The Morgan fingerprint density at radius 1 is 1.33 bits per heavy atom. The molecule has 1 N–H and O–H groups in total. The standard InChI is InChI=1S/C10H9ClF2O.H2S/c1-6(5-14)10(11)9-7(12)3-2-4-8(9)13;/h2-4,14H,5H2,1H3;1H2/b10-6+;. The van der Waals surface area contributed by atoms with Crippen molar-refractivity contribution >= 4 is 30.1 Å². The van der Waals surface area contributed by atoms with Crippen molar-refractivity contribution in [2.45, 2.75) is 6.92 Å². The van der Waals surface area contributed by atoms with Gasteiger partial charge in [0.15, 0.2) is 0 Å². The molecule has 1 aromatic carbocycles. The highest BCUT2D eigenvalue weighted by molar-refractivity contribution is 7.59. The minimum absolute atomic E-state index is 0. The largest absolute Gasteiger partial charge is 0.392 e. The number of hydrogen-bond acceptors (Lipinski definition) is 1. The first-order valence-electron chi connectivity index (χ1n) is 3.98. The lowest BCUT2D eigenvalue weighted by Gasteiger charge is -2.05. The summed E-state index contributed by atoms with van der Waals surface area (Å²) in [6.45, 7) is 1.18. The average Bonchev–Trinajstić information content (AvgIpc) is 2.16. The van der Waals surface area contributed by atoms with Gasteiger partial charge in [-0.05, 0) is 24.6 Å². The zero-order valence-corrected chi connectivity index (χ0v) is 9.78. The van der Waals surface area contributed by atoms with E-state index >= 15 is 0 Å². The zero-order chi connectivity index (χ0) is 10.7. The summed E-state index contributed by atoms with van der Waals surface area (Å²) in [5.41, 5.74) is 0.0383. The van der Waals surface area contributed by atoms with Gasteiger partial charge in [-0.3, -0.25) is 0 Å². The summed E-state index contributed by atoms with van der Waals surface area (Å²) in [7, 11) is 0. The van der Waals surface area contributed by atoms with E-state index in [4.69, 9.17) is 16.7 Å². The van der Waals surface area contributed by atoms with E-state index in [0.717, 1.165) is 12.1 Å². The van der Waals surface area contributed by atoms with Crippen LogP contribution in [0.1, 0.15) is 12.5 Å². The van der Waals surface area contributed by atoms with Crippen LogP contribution in [0.5, 0.6) is 0 Å². The van der Waals surface area contributed by atoms with Crippen LogP contribution < -0.4 is 0 Å². The van der Waals surface area contributed by atoms with Gasteiger partial charge < -0.3 is 5.11 Å². The SMILES string of the molecule is C/C(CO)=C(\Cl)c1c(F)cccc1F.S. The molecule has 0 saturated carbocycles. The topological polar surface area (TPSA) is 20.2 Å². The number of hydrogen-bond donors (Lipinski definition) is 1. The maximum absolute atomic E-state index is 13.2. The lowest BCUT2D eigenvalue weighted by atomic mass is 10.1. The maximum Gasteiger partial charge on any atom is 0.134 e. The number of benzene rings is 1. The Kier molecular flexibility index (Phi) is 5.87. The van der Waals surface area contributed by atoms with Crippen LogP contribution in [-0.2, 0) is 0 Å². The van der Waals surface area contributed by atoms with Gasteiger partial charge in [0.25, 0.3) is 0 Å². The van der Waals surface area contributed by atoms with Crippen LogP contribution in [0.15, 0.2) is 23.8 Å². The number of rotatable bonds is 2. The molecule has 0 spiro atoms. The zero-order valence-electron chi connectivity index (χ0n) is 8.02. The van der Waals surface area contributed by atoms with Crippen molar-refractivity contribution in [2.75, 3.05) is 6.61 Å². The molecule has 0 saturated heterocycles. The molecule has 0 aliphatic heterocycles. The lowest BCUT2D eigenvalue weighted by molar-refractivity contribution is 0.332. The molecule has 1 rings (SSSR count). The smallest absolute Gasteiger partial charge is 0.134 e. The molecule has 0 aliphatic rings. The van der Waals surface area contributed by atoms with Crippen LogP contribution in [0.25, 0.3) is 5.03 Å². The Balaban J connectivity index is 0.00000196. The fourth-order valence-corrected chi connectivity index (χ4v) is 1.23. The Labute approximate surface area is 98.8 Å². The van der Waals surface area contributed by atoms with E-state index in [1.807, 2.05) is 0 Å². The van der Waals surface area contributed by atoms with E-state index in [1.54, 1.807) is 0 Å². The van der Waals surface area contributed by atoms with Crippen LogP contribution in [-0.4, -0.2) is 11.7 Å². The molecule has 0 fully saturated rings. The summed E-state index contributed by atoms with van der Waals surface area (Å²) >= 11 is 5.71. The highest BCUT2D eigenvalue weighted by atomic mass is 35.5. The summed E-state index contributed by atoms with van der Waals surface area (Å²) in [6.07, 6.45) is 0. The molecule has 0 atom stereocenters. The number of halogens is 3. The van der Waals surface area contributed by atoms with Crippen molar-refractivity contribution in [3.63, 3.8) is 0 Å². The predicted molar refractivity (Wildman–Crippen MR) is 62.3 cm³/mol. The fourth-order valence-electron chi connectivity index (χ4n) is 0.990. The van der Waals surface area contributed by atoms with E-state index < -0.39 is 11.6 Å². The van der Waals surface area contributed by atoms with Crippen molar-refractivity contribution in [3.05, 3.63) is 41.0 Å². The van der Waals surface area contributed by atoms with Crippen LogP contribution in [0, 0.1) is 11.6 Å². The van der Waals surface area contributed by atoms with E-state index in [2.05, 4.69) is 0 Å². The predicted octanol–water partition coefficient (Wildman–Crippen LogP) is 3.04. The van der Waals surface area contributed by atoms with Crippen LogP contribution in [0.2, 0.25) is 0 Å². The third-order valence-electron chi connectivity index (χ3n) is 1.79. The molecule has 0 heterocycles. The van der Waals surface area contributed by atoms with E-state index in [9.17, 15) is 8.78 Å². The minimum Gasteiger partial charge on any atom is -0.392 e. The van der Waals surface area contributed by atoms with Gasteiger partial charge >= 0.3 is 0 Å². The summed E-state index contributed by atoms with van der Waals surface area (Å²) in [5.74, 6) is -1.47. The van der Waals surface area contributed by atoms with Gasteiger partial charge in [-0.25, -0.2) is 8.78 Å². The van der Waals surface area contributed by atoms with E-state index in [0.29, 0.717) is 5.57 Å². The quantitative estimate of drug-likeness (QED) is 0.858. The molecule has 1 aromatic rings. The van der Waals surface area contributed by atoms with E-state index in [-0.39, 0.29) is 30.7 Å². The normalized spacial score (nSPS) is 11.8. The third-order valence-corrected chi connectivity index (χ3v) is 2.31. The average molecular weight is 253 g/mol. The molecular weight excluding hydrogens is 242 g/mol. The van der Waals surface area contributed by atoms with Gasteiger partial charge in [0.2, 0.25) is 0 Å². The highest BCUT2D eigenvalue weighted by Crippen LogP contribution is 2.27. The van der Waals surface area contributed by atoms with Gasteiger partial charge in [0.05, 0.1) is 17.2 Å². The second-order valence-electron chi connectivity index (χ2n) is 2.85. The first kappa shape index (κ1) is 14.4. The van der Waals surface area contributed by atoms with Gasteiger partial charge in [-0.15, -0.1) is 0 Å². The molecule has 0 radical (unpaired) electrons. The van der Waals surface area contributed by atoms with Crippen molar-refractivity contribution in [1.29, 1.82) is 0 Å². The Morgan fingerprint density at radius 2 is 1.80 bits per heavy atom. The van der Waals surface area contributed by atoms with Gasteiger partial charge in [0, 0.05) is 0 Å². The van der Waals surface area contributed by atoms with Gasteiger partial charge in [-0.2, -0.15) is 13.5 Å². The Bertz CT molecular complexity index is 359. The van der Waals surface area contributed by atoms with Crippen molar-refractivity contribution in [3.8, 4) is 0 Å². The summed E-state index contributed by atoms with van der Waals surface area (Å²) in [4.78, 5) is 0. The molecule has 84 valence electrons. The van der Waals surface area contributed by atoms with Crippen LogP contribution in [0.3, 0.4) is 0 Å². The molecule has 0 aromatic heterocycles. The third kappa shape index (κ3) is 3.19. The summed E-state index contributed by atoms with van der Waals surface area (Å²) < 4.78 is 26.3. The molecule has 0 unspecified atom stereocenters. The minimum atomic E-state index is -0.734. The van der Waals surface area contributed by atoms with Gasteiger partial charge in [0.1, 0.15) is 11.6 Å². The molecular formula is C10H11ClF2OS. The number of aliphatic hydroxyl groups excluding tert-OH is 1. The molecule has 0 amide bonds. The summed E-state index contributed by atoms with van der Waals surface area (Å²) in [5, 5.41) is 8.68.